The molecule has 5 rings (SSSR count). The van der Waals surface area contributed by atoms with Gasteiger partial charge in [-0.3, -0.25) is 19.4 Å². The van der Waals surface area contributed by atoms with E-state index in [9.17, 15) is 4.79 Å². The molecule has 4 aromatic heterocycles. The van der Waals surface area contributed by atoms with Gasteiger partial charge in [-0.2, -0.15) is 5.10 Å². The molecular formula is C28H37N7O2SSi. The van der Waals surface area contributed by atoms with E-state index < -0.39 is 8.07 Å². The van der Waals surface area contributed by atoms with Gasteiger partial charge in [0.05, 0.1) is 17.2 Å². The summed E-state index contributed by atoms with van der Waals surface area (Å²) in [5.74, 6) is 1.43. The minimum Gasteiger partial charge on any atom is -0.361 e. The third kappa shape index (κ3) is 7.14. The molecule has 1 aliphatic rings. The molecule has 0 spiro atoms. The van der Waals surface area contributed by atoms with Crippen LogP contribution in [0.25, 0.3) is 22.2 Å². The first-order valence-electron chi connectivity index (χ1n) is 13.7. The number of fused-ring (bicyclic) bond motifs is 1. The van der Waals surface area contributed by atoms with Crippen LogP contribution in [-0.2, 0) is 16.1 Å². The van der Waals surface area contributed by atoms with Gasteiger partial charge in [-0.05, 0) is 44.0 Å². The smallest absolute Gasteiger partial charge is 0.215 e. The monoisotopic (exact) mass is 563 g/mol. The number of ether oxygens (including phenoxy) is 1. The van der Waals surface area contributed by atoms with Crippen LogP contribution in [0.3, 0.4) is 0 Å². The predicted molar refractivity (Wildman–Crippen MR) is 158 cm³/mol. The van der Waals surface area contributed by atoms with Crippen molar-refractivity contribution in [3.05, 3.63) is 41.8 Å². The molecule has 1 saturated carbocycles. The molecule has 4 aromatic rings. The molecule has 0 atom stereocenters. The zero-order chi connectivity index (χ0) is 27.4. The molecule has 0 bridgehead atoms. The van der Waals surface area contributed by atoms with Gasteiger partial charge in [0.1, 0.15) is 23.3 Å². The number of pyridine rings is 2. The molecule has 0 amide bonds. The number of aryl methyl sites for hydroxylation is 1. The Bertz CT molecular complexity index is 1420. The molecular weight excluding hydrogens is 527 g/mol. The van der Waals surface area contributed by atoms with Crippen molar-refractivity contribution in [2.75, 3.05) is 18.2 Å². The molecule has 1 fully saturated rings. The van der Waals surface area contributed by atoms with Gasteiger partial charge >= 0.3 is 0 Å². The van der Waals surface area contributed by atoms with E-state index in [0.717, 1.165) is 44.2 Å². The summed E-state index contributed by atoms with van der Waals surface area (Å²) in [5.41, 5.74) is 3.47. The molecule has 206 valence electrons. The molecule has 1 aliphatic carbocycles. The Morgan fingerprint density at radius 1 is 1.13 bits per heavy atom. The van der Waals surface area contributed by atoms with Crippen molar-refractivity contribution in [1.29, 1.82) is 0 Å². The van der Waals surface area contributed by atoms with Gasteiger partial charge in [-0.15, -0.1) is 10.2 Å². The Labute approximate surface area is 234 Å². The molecule has 4 heterocycles. The summed E-state index contributed by atoms with van der Waals surface area (Å²) >= 11 is 1.65. The molecule has 0 aliphatic heterocycles. The van der Waals surface area contributed by atoms with E-state index in [2.05, 4.69) is 39.9 Å². The molecule has 39 heavy (non-hydrogen) atoms. The maximum Gasteiger partial charge on any atom is 0.215 e. The number of hydrogen-bond donors (Lipinski definition) is 0. The van der Waals surface area contributed by atoms with Crippen LogP contribution in [0.15, 0.2) is 36.8 Å². The van der Waals surface area contributed by atoms with Crippen LogP contribution in [0.2, 0.25) is 25.7 Å². The molecule has 11 heteroatoms. The van der Waals surface area contributed by atoms with E-state index in [1.54, 1.807) is 29.1 Å². The van der Waals surface area contributed by atoms with Crippen molar-refractivity contribution in [2.45, 2.75) is 77.2 Å². The van der Waals surface area contributed by atoms with Gasteiger partial charge in [-0.1, -0.05) is 43.8 Å². The summed E-state index contributed by atoms with van der Waals surface area (Å²) in [6, 6.07) is 7.11. The van der Waals surface area contributed by atoms with Gasteiger partial charge in [-0.25, -0.2) is 4.98 Å². The second kappa shape index (κ2) is 12.0. The SMILES string of the molecule is CC(=O)CCn1cc(-c2cnc3ccc(N(COCC[Si](C)(C)C)c4nnc(C5CCCC5)s4)nc3c2)cn1. The van der Waals surface area contributed by atoms with Crippen LogP contribution in [-0.4, -0.2) is 57.1 Å². The van der Waals surface area contributed by atoms with E-state index in [0.29, 0.717) is 32.2 Å². The first-order chi connectivity index (χ1) is 18.7. The predicted octanol–water partition coefficient (Wildman–Crippen LogP) is 6.43. The number of ketones is 1. The van der Waals surface area contributed by atoms with E-state index in [-0.39, 0.29) is 5.78 Å². The number of aromatic nitrogens is 6. The fraction of sp³-hybridized carbons (Fsp3) is 0.500. The average molecular weight is 564 g/mol. The van der Waals surface area contributed by atoms with Crippen LogP contribution in [0.1, 0.15) is 50.0 Å². The number of Topliss-reactive ketones (excluding diaryl/α,β-unsaturated/α-hetero) is 1. The maximum absolute atomic E-state index is 11.3. The number of carbonyl (C=O) groups excluding carboxylic acids is 1. The molecule has 0 unspecified atom stereocenters. The number of anilines is 2. The summed E-state index contributed by atoms with van der Waals surface area (Å²) < 4.78 is 7.97. The quantitative estimate of drug-likeness (QED) is 0.110. The van der Waals surface area contributed by atoms with E-state index >= 15 is 0 Å². The van der Waals surface area contributed by atoms with Crippen LogP contribution < -0.4 is 4.90 Å². The normalized spacial score (nSPS) is 14.4. The Morgan fingerprint density at radius 3 is 2.72 bits per heavy atom. The summed E-state index contributed by atoms with van der Waals surface area (Å²) in [5, 5.41) is 15.5. The van der Waals surface area contributed by atoms with Crippen molar-refractivity contribution in [3.8, 4) is 11.1 Å². The highest BCUT2D eigenvalue weighted by Gasteiger charge is 2.24. The number of hydrogen-bond acceptors (Lipinski definition) is 9. The fourth-order valence-electron chi connectivity index (χ4n) is 4.64. The largest absolute Gasteiger partial charge is 0.361 e. The van der Waals surface area contributed by atoms with Crippen LogP contribution >= 0.6 is 11.3 Å². The van der Waals surface area contributed by atoms with Crippen LogP contribution in [0.5, 0.6) is 0 Å². The van der Waals surface area contributed by atoms with Crippen LogP contribution in [0, 0.1) is 0 Å². The van der Waals surface area contributed by atoms with Crippen molar-refractivity contribution in [2.24, 2.45) is 0 Å². The number of nitrogens with zero attached hydrogens (tertiary/aromatic N) is 7. The highest BCUT2D eigenvalue weighted by molar-refractivity contribution is 7.15. The van der Waals surface area contributed by atoms with Crippen molar-refractivity contribution < 1.29 is 9.53 Å². The van der Waals surface area contributed by atoms with Crippen molar-refractivity contribution in [1.82, 2.24) is 29.9 Å². The molecule has 0 N–H and O–H groups in total. The lowest BCUT2D eigenvalue weighted by Crippen LogP contribution is -2.26. The highest BCUT2D eigenvalue weighted by atomic mass is 32.1. The summed E-state index contributed by atoms with van der Waals surface area (Å²) in [6.45, 7) is 10.3. The second-order valence-electron chi connectivity index (χ2n) is 11.6. The maximum atomic E-state index is 11.3. The van der Waals surface area contributed by atoms with E-state index in [4.69, 9.17) is 9.72 Å². The second-order valence-corrected chi connectivity index (χ2v) is 18.2. The van der Waals surface area contributed by atoms with Crippen molar-refractivity contribution in [3.63, 3.8) is 0 Å². The van der Waals surface area contributed by atoms with Gasteiger partial charge in [0, 0.05) is 57.1 Å². The number of rotatable bonds is 12. The van der Waals surface area contributed by atoms with Crippen molar-refractivity contribution >= 4 is 47.2 Å². The van der Waals surface area contributed by atoms with E-state index in [1.165, 1.54) is 25.7 Å². The first-order valence-corrected chi connectivity index (χ1v) is 18.3. The Morgan fingerprint density at radius 2 is 1.95 bits per heavy atom. The molecule has 0 saturated heterocycles. The highest BCUT2D eigenvalue weighted by Crippen LogP contribution is 2.38. The minimum absolute atomic E-state index is 0.149. The lowest BCUT2D eigenvalue weighted by Gasteiger charge is -2.22. The fourth-order valence-corrected chi connectivity index (χ4v) is 6.40. The minimum atomic E-state index is -1.20. The first kappa shape index (κ1) is 27.5. The third-order valence-electron chi connectivity index (χ3n) is 7.04. The Hall–Kier alpha value is -3.02. The Balaban J connectivity index is 1.41. The topological polar surface area (TPSA) is 98.9 Å². The molecule has 0 aromatic carbocycles. The van der Waals surface area contributed by atoms with Gasteiger partial charge in [0.25, 0.3) is 0 Å². The summed E-state index contributed by atoms with van der Waals surface area (Å²) in [7, 11) is -1.20. The van der Waals surface area contributed by atoms with Gasteiger partial charge < -0.3 is 4.74 Å². The molecule has 0 radical (unpaired) electrons. The third-order valence-corrected chi connectivity index (χ3v) is 9.85. The molecule has 9 nitrogen and oxygen atoms in total. The standard InChI is InChI=1S/C28H37N7O2SSi/c1-20(36)11-12-34-18-23(17-30-34)22-15-25-24(29-16-22)9-10-26(31-25)35(19-37-13-14-39(2,3)4)28-33-32-27(38-28)21-7-5-6-8-21/h9-10,15-18,21H,5-8,11-14,19H2,1-4H3. The van der Waals surface area contributed by atoms with E-state index in [1.807, 2.05) is 35.5 Å². The summed E-state index contributed by atoms with van der Waals surface area (Å²) in [4.78, 5) is 23.0. The van der Waals surface area contributed by atoms with Crippen LogP contribution in [0.4, 0.5) is 10.9 Å². The van der Waals surface area contributed by atoms with Gasteiger partial charge in [0.2, 0.25) is 5.13 Å². The summed E-state index contributed by atoms with van der Waals surface area (Å²) in [6.07, 6.45) is 11.0. The average Bonchev–Trinajstić information content (AvgIpc) is 3.68. The number of carbonyl (C=O) groups is 1. The van der Waals surface area contributed by atoms with Gasteiger partial charge in [0.15, 0.2) is 0 Å². The lowest BCUT2D eigenvalue weighted by atomic mass is 10.1. The zero-order valence-corrected chi connectivity index (χ0v) is 25.1. The Kier molecular flexibility index (Phi) is 8.48. The zero-order valence-electron chi connectivity index (χ0n) is 23.3. The lowest BCUT2D eigenvalue weighted by molar-refractivity contribution is -0.117.